The number of nitrogens with zero attached hydrogens (tertiary/aromatic N) is 2. The molecule has 3 rings (SSSR count). The van der Waals surface area contributed by atoms with Crippen LogP contribution in [-0.2, 0) is 20.8 Å². The maximum atomic E-state index is 13.1. The summed E-state index contributed by atoms with van der Waals surface area (Å²) < 4.78 is 0. The predicted octanol–water partition coefficient (Wildman–Crippen LogP) is 0.331. The minimum atomic E-state index is -0.963. The summed E-state index contributed by atoms with van der Waals surface area (Å²) in [6, 6.07) is 5.39. The Hall–Kier alpha value is -3.56. The lowest BCUT2D eigenvalue weighted by atomic mass is 10.0. The van der Waals surface area contributed by atoms with Crippen LogP contribution in [-0.4, -0.2) is 76.3 Å². The molecule has 5 amide bonds. The van der Waals surface area contributed by atoms with Gasteiger partial charge in [0.05, 0.1) is 6.54 Å². The van der Waals surface area contributed by atoms with Crippen molar-refractivity contribution in [3.8, 4) is 0 Å². The van der Waals surface area contributed by atoms with Crippen molar-refractivity contribution in [1.82, 2.24) is 25.4 Å². The van der Waals surface area contributed by atoms with Gasteiger partial charge in [-0.15, -0.1) is 0 Å². The Kier molecular flexibility index (Phi) is 7.01. The molecule has 10 nitrogen and oxygen atoms in total. The van der Waals surface area contributed by atoms with Gasteiger partial charge in [-0.25, -0.2) is 4.79 Å². The molecule has 0 bridgehead atoms. The Balaban J connectivity index is 1.76. The Morgan fingerprint density at radius 1 is 1.16 bits per heavy atom. The first-order valence-corrected chi connectivity index (χ1v) is 10.6. The molecule has 1 fully saturated rings. The summed E-state index contributed by atoms with van der Waals surface area (Å²) in [4.78, 5) is 55.9. The van der Waals surface area contributed by atoms with Crippen LogP contribution in [0.5, 0.6) is 0 Å². The number of carbonyl (C=O) groups excluding carboxylic acids is 4. The fourth-order valence-electron chi connectivity index (χ4n) is 3.92. The predicted molar refractivity (Wildman–Crippen MR) is 120 cm³/mol. The number of nitrogens with two attached hydrogens (primary N) is 1. The fraction of sp³-hybridized carbons (Fsp3) is 0.455. The topological polar surface area (TPSA) is 141 Å². The molecular weight excluding hydrogens is 412 g/mol. The van der Waals surface area contributed by atoms with Gasteiger partial charge in [0.1, 0.15) is 12.1 Å². The van der Waals surface area contributed by atoms with Crippen molar-refractivity contribution in [3.63, 3.8) is 0 Å². The molecule has 1 aliphatic heterocycles. The number of carbonyl (C=O) groups is 4. The number of para-hydroxylation sites is 1. The van der Waals surface area contributed by atoms with Gasteiger partial charge in [-0.1, -0.05) is 18.2 Å². The molecule has 0 radical (unpaired) electrons. The largest absolute Gasteiger partial charge is 0.368 e. The van der Waals surface area contributed by atoms with E-state index < -0.39 is 23.9 Å². The van der Waals surface area contributed by atoms with Crippen molar-refractivity contribution in [1.29, 1.82) is 0 Å². The summed E-state index contributed by atoms with van der Waals surface area (Å²) in [5.74, 6) is -1.48. The van der Waals surface area contributed by atoms with E-state index in [2.05, 4.69) is 15.6 Å². The monoisotopic (exact) mass is 442 g/mol. The van der Waals surface area contributed by atoms with Gasteiger partial charge in [0.2, 0.25) is 17.7 Å². The number of hydrogen-bond donors (Lipinski definition) is 4. The molecule has 172 valence electrons. The lowest BCUT2D eigenvalue weighted by Gasteiger charge is -2.40. The average molecular weight is 443 g/mol. The van der Waals surface area contributed by atoms with Crippen LogP contribution in [0.25, 0.3) is 10.9 Å². The van der Waals surface area contributed by atoms with Crippen molar-refractivity contribution >= 4 is 34.7 Å². The molecule has 2 atom stereocenters. The SMILES string of the molecule is CC(=O)N1CCN(C(=O)NC(C)C)C[C@@H]1C(=O)N[C@H](Cc1c[nH]c2ccccc12)C(N)=O. The second kappa shape index (κ2) is 9.71. The van der Waals surface area contributed by atoms with E-state index in [0.717, 1.165) is 16.5 Å². The van der Waals surface area contributed by atoms with Crippen LogP contribution in [0, 0.1) is 0 Å². The van der Waals surface area contributed by atoms with Crippen LogP contribution in [0.2, 0.25) is 0 Å². The van der Waals surface area contributed by atoms with Crippen LogP contribution < -0.4 is 16.4 Å². The summed E-state index contributed by atoms with van der Waals surface area (Å²) in [5.41, 5.74) is 7.34. The van der Waals surface area contributed by atoms with Gasteiger partial charge < -0.3 is 31.2 Å². The van der Waals surface area contributed by atoms with Crippen LogP contribution in [0.3, 0.4) is 0 Å². The Bertz CT molecular complexity index is 1020. The number of amides is 5. The van der Waals surface area contributed by atoms with E-state index in [1.807, 2.05) is 38.1 Å². The smallest absolute Gasteiger partial charge is 0.317 e. The standard InChI is InChI=1S/C22H30N6O4/c1-13(2)25-22(32)27-8-9-28(14(3)29)19(12-27)21(31)26-18(20(23)30)10-15-11-24-17-7-5-4-6-16(15)17/h4-7,11,13,18-19,24H,8-10,12H2,1-3H3,(H2,23,30)(H,25,32)(H,26,31)/t18-,19-/m1/s1. The second-order valence-electron chi connectivity index (χ2n) is 8.31. The number of rotatable bonds is 6. The summed E-state index contributed by atoms with van der Waals surface area (Å²) >= 11 is 0. The minimum absolute atomic E-state index is 0.0303. The maximum Gasteiger partial charge on any atom is 0.317 e. The normalized spacial score (nSPS) is 17.3. The zero-order chi connectivity index (χ0) is 23.4. The third kappa shape index (κ3) is 5.19. The van der Waals surface area contributed by atoms with E-state index in [0.29, 0.717) is 6.54 Å². The summed E-state index contributed by atoms with van der Waals surface area (Å²) in [6.07, 6.45) is 1.99. The first-order valence-electron chi connectivity index (χ1n) is 10.6. The highest BCUT2D eigenvalue weighted by Gasteiger charge is 2.37. The molecule has 0 saturated carbocycles. The highest BCUT2D eigenvalue weighted by Crippen LogP contribution is 2.19. The number of nitrogens with one attached hydrogen (secondary N) is 3. The third-order valence-electron chi connectivity index (χ3n) is 5.55. The minimum Gasteiger partial charge on any atom is -0.368 e. The molecule has 32 heavy (non-hydrogen) atoms. The lowest BCUT2D eigenvalue weighted by Crippen LogP contribution is -2.64. The van der Waals surface area contributed by atoms with Crippen molar-refractivity contribution in [3.05, 3.63) is 36.0 Å². The van der Waals surface area contributed by atoms with E-state index in [9.17, 15) is 19.2 Å². The molecule has 1 saturated heterocycles. The first kappa shape index (κ1) is 23.1. The van der Waals surface area contributed by atoms with Gasteiger partial charge in [0.15, 0.2) is 0 Å². The molecular formula is C22H30N6O4. The number of aromatic amines is 1. The van der Waals surface area contributed by atoms with Crippen LogP contribution >= 0.6 is 0 Å². The van der Waals surface area contributed by atoms with Crippen molar-refractivity contribution in [2.24, 2.45) is 5.73 Å². The van der Waals surface area contributed by atoms with Gasteiger partial charge in [0.25, 0.3) is 0 Å². The van der Waals surface area contributed by atoms with Gasteiger partial charge >= 0.3 is 6.03 Å². The Labute approximate surface area is 186 Å². The Morgan fingerprint density at radius 2 is 1.88 bits per heavy atom. The molecule has 0 spiro atoms. The molecule has 1 aliphatic rings. The van der Waals surface area contributed by atoms with E-state index in [1.54, 1.807) is 6.20 Å². The van der Waals surface area contributed by atoms with Crippen LogP contribution in [0.15, 0.2) is 30.5 Å². The van der Waals surface area contributed by atoms with Gasteiger partial charge in [-0.05, 0) is 25.5 Å². The molecule has 2 heterocycles. The number of aromatic nitrogens is 1. The van der Waals surface area contributed by atoms with E-state index >= 15 is 0 Å². The highest BCUT2D eigenvalue weighted by molar-refractivity contribution is 5.93. The highest BCUT2D eigenvalue weighted by atomic mass is 16.2. The van der Waals surface area contributed by atoms with Crippen LogP contribution in [0.1, 0.15) is 26.3 Å². The molecule has 1 aromatic heterocycles. The number of fused-ring (bicyclic) bond motifs is 1. The molecule has 1 aromatic carbocycles. The van der Waals surface area contributed by atoms with Crippen LogP contribution in [0.4, 0.5) is 4.79 Å². The maximum absolute atomic E-state index is 13.1. The molecule has 2 aromatic rings. The zero-order valence-electron chi connectivity index (χ0n) is 18.6. The van der Waals surface area contributed by atoms with Crippen molar-refractivity contribution in [2.75, 3.05) is 19.6 Å². The summed E-state index contributed by atoms with van der Waals surface area (Å²) in [6.45, 7) is 5.63. The summed E-state index contributed by atoms with van der Waals surface area (Å²) in [7, 11) is 0. The average Bonchev–Trinajstić information content (AvgIpc) is 3.15. The number of hydrogen-bond acceptors (Lipinski definition) is 4. The molecule has 5 N–H and O–H groups in total. The van der Waals surface area contributed by atoms with E-state index in [4.69, 9.17) is 5.73 Å². The fourth-order valence-corrected chi connectivity index (χ4v) is 3.92. The number of urea groups is 1. The first-order chi connectivity index (χ1) is 15.2. The zero-order valence-corrected chi connectivity index (χ0v) is 18.6. The number of benzene rings is 1. The van der Waals surface area contributed by atoms with Gasteiger partial charge in [-0.2, -0.15) is 0 Å². The van der Waals surface area contributed by atoms with Gasteiger partial charge in [0, 0.05) is 49.6 Å². The van der Waals surface area contributed by atoms with Crippen molar-refractivity contribution in [2.45, 2.75) is 45.3 Å². The summed E-state index contributed by atoms with van der Waals surface area (Å²) in [5, 5.41) is 6.43. The number of piperazine rings is 1. The molecule has 10 heteroatoms. The third-order valence-corrected chi connectivity index (χ3v) is 5.55. The quantitative estimate of drug-likeness (QED) is 0.512. The van der Waals surface area contributed by atoms with E-state index in [-0.39, 0.29) is 37.5 Å². The molecule has 0 unspecified atom stereocenters. The van der Waals surface area contributed by atoms with Gasteiger partial charge in [-0.3, -0.25) is 14.4 Å². The second-order valence-corrected chi connectivity index (χ2v) is 8.31. The molecule has 0 aliphatic carbocycles. The number of primary amides is 1. The Morgan fingerprint density at radius 3 is 2.53 bits per heavy atom. The van der Waals surface area contributed by atoms with Crippen molar-refractivity contribution < 1.29 is 19.2 Å². The van der Waals surface area contributed by atoms with E-state index in [1.165, 1.54) is 16.7 Å². The lowest BCUT2D eigenvalue weighted by molar-refractivity contribution is -0.142. The number of H-pyrrole nitrogens is 1.